The first-order valence-corrected chi connectivity index (χ1v) is 7.87. The van der Waals surface area contributed by atoms with Crippen LogP contribution >= 0.6 is 0 Å². The van der Waals surface area contributed by atoms with Gasteiger partial charge in [0.05, 0.1) is 0 Å². The van der Waals surface area contributed by atoms with Gasteiger partial charge in [-0.1, -0.05) is 46.7 Å². The van der Waals surface area contributed by atoms with Crippen LogP contribution in [0, 0.1) is 17.3 Å². The molecule has 114 valence electrons. The zero-order valence-corrected chi connectivity index (χ0v) is 13.8. The highest BCUT2D eigenvalue weighted by Crippen LogP contribution is 2.37. The van der Waals surface area contributed by atoms with Gasteiger partial charge in [-0.25, -0.2) is 0 Å². The largest absolute Gasteiger partial charge is 0.324 e. The van der Waals surface area contributed by atoms with Crippen LogP contribution in [0.25, 0.3) is 0 Å². The van der Waals surface area contributed by atoms with Gasteiger partial charge in [0.2, 0.25) is 0 Å². The van der Waals surface area contributed by atoms with E-state index < -0.39 is 0 Å². The molecule has 4 nitrogen and oxygen atoms in total. The first-order chi connectivity index (χ1) is 9.29. The molecule has 0 aromatic carbocycles. The van der Waals surface area contributed by atoms with Gasteiger partial charge < -0.3 is 9.42 Å². The molecule has 2 rings (SSSR count). The van der Waals surface area contributed by atoms with Gasteiger partial charge in [0.15, 0.2) is 5.82 Å². The first kappa shape index (κ1) is 15.3. The number of piperidine rings is 1. The maximum Gasteiger partial charge on any atom is 0.324 e. The van der Waals surface area contributed by atoms with E-state index in [2.05, 4.69) is 56.6 Å². The molecule has 0 unspecified atom stereocenters. The molecule has 0 amide bonds. The number of nitrogens with zero attached hydrogens (tertiary/aromatic N) is 3. The molecule has 0 aliphatic carbocycles. The Balaban J connectivity index is 1.94. The summed E-state index contributed by atoms with van der Waals surface area (Å²) in [6, 6.07) is 0.704. The third-order valence-corrected chi connectivity index (χ3v) is 4.83. The minimum absolute atomic E-state index is 0.325. The normalized spacial score (nSPS) is 19.6. The summed E-state index contributed by atoms with van der Waals surface area (Å²) in [5, 5.41) is 4.06. The Morgan fingerprint density at radius 1 is 1.15 bits per heavy atom. The molecule has 1 aromatic rings. The van der Waals surface area contributed by atoms with Crippen molar-refractivity contribution in [1.82, 2.24) is 10.1 Å². The van der Waals surface area contributed by atoms with E-state index in [9.17, 15) is 0 Å². The number of aromatic nitrogens is 2. The summed E-state index contributed by atoms with van der Waals surface area (Å²) < 4.78 is 5.39. The highest BCUT2D eigenvalue weighted by Gasteiger charge is 2.32. The van der Waals surface area contributed by atoms with Gasteiger partial charge in [-0.15, -0.1) is 0 Å². The lowest BCUT2D eigenvalue weighted by Gasteiger charge is -2.39. The van der Waals surface area contributed by atoms with E-state index in [1.807, 2.05) is 0 Å². The van der Waals surface area contributed by atoms with E-state index in [-0.39, 0.29) is 0 Å². The van der Waals surface area contributed by atoms with Crippen LogP contribution in [0.5, 0.6) is 0 Å². The molecule has 0 spiro atoms. The number of hydrogen-bond donors (Lipinski definition) is 0. The minimum atomic E-state index is 0.325. The predicted octanol–water partition coefficient (Wildman–Crippen LogP) is 4.09. The van der Waals surface area contributed by atoms with Crippen molar-refractivity contribution < 1.29 is 4.52 Å². The fourth-order valence-electron chi connectivity index (χ4n) is 2.89. The van der Waals surface area contributed by atoms with Crippen LogP contribution in [0.2, 0.25) is 0 Å². The molecule has 1 fully saturated rings. The zero-order chi connectivity index (χ0) is 14.9. The van der Waals surface area contributed by atoms with Gasteiger partial charge in [-0.3, -0.25) is 0 Å². The minimum Gasteiger partial charge on any atom is -0.324 e. The molecule has 4 heteroatoms. The average molecular weight is 279 g/mol. The maximum absolute atomic E-state index is 5.39. The number of anilines is 1. The standard InChI is InChI=1S/C16H29N3O/c1-11(2)14-17-15(20-18-14)19-9-7-13(8-10-19)12(3)16(4,5)6/h11-13H,7-10H2,1-6H3/t12-/m0/s1. The molecular formula is C16H29N3O. The van der Waals surface area contributed by atoms with Crippen LogP contribution in [0.15, 0.2) is 4.52 Å². The SMILES string of the molecule is CC(C)c1noc(N2CCC([C@H](C)C(C)(C)C)CC2)n1. The summed E-state index contributed by atoms with van der Waals surface area (Å²) in [6.07, 6.45) is 2.44. The molecule has 1 aromatic heterocycles. The molecule has 0 N–H and O–H groups in total. The number of hydrogen-bond acceptors (Lipinski definition) is 4. The van der Waals surface area contributed by atoms with Crippen LogP contribution in [0.4, 0.5) is 6.01 Å². The molecule has 0 bridgehead atoms. The molecule has 0 radical (unpaired) electrons. The van der Waals surface area contributed by atoms with Crippen LogP contribution in [0.1, 0.15) is 66.1 Å². The van der Waals surface area contributed by atoms with Gasteiger partial charge in [0, 0.05) is 19.0 Å². The molecule has 0 saturated carbocycles. The summed E-state index contributed by atoms with van der Waals surface area (Å²) in [4.78, 5) is 6.74. The van der Waals surface area contributed by atoms with Crippen molar-refractivity contribution in [3.8, 4) is 0 Å². The Bertz CT molecular complexity index is 425. The Hall–Kier alpha value is -1.06. The Kier molecular flexibility index (Phi) is 4.40. The maximum atomic E-state index is 5.39. The smallest absolute Gasteiger partial charge is 0.324 e. The molecule has 1 atom stereocenters. The van der Waals surface area contributed by atoms with Crippen LogP contribution in [-0.2, 0) is 0 Å². The second-order valence-electron chi connectivity index (χ2n) is 7.57. The van der Waals surface area contributed by atoms with Gasteiger partial charge in [-0.2, -0.15) is 4.98 Å². The average Bonchev–Trinajstić information content (AvgIpc) is 2.86. The van der Waals surface area contributed by atoms with E-state index in [1.54, 1.807) is 0 Å². The topological polar surface area (TPSA) is 42.2 Å². The third kappa shape index (κ3) is 3.33. The van der Waals surface area contributed by atoms with Crippen molar-refractivity contribution in [1.29, 1.82) is 0 Å². The summed E-state index contributed by atoms with van der Waals surface area (Å²) in [6.45, 7) is 15.7. The molecule has 1 saturated heterocycles. The summed E-state index contributed by atoms with van der Waals surface area (Å²) in [5.74, 6) is 2.69. The Labute approximate surface area is 122 Å². The van der Waals surface area contributed by atoms with Crippen molar-refractivity contribution in [2.75, 3.05) is 18.0 Å². The van der Waals surface area contributed by atoms with Crippen molar-refractivity contribution in [3.63, 3.8) is 0 Å². The lowest BCUT2D eigenvalue weighted by atomic mass is 9.71. The van der Waals surface area contributed by atoms with Crippen molar-refractivity contribution in [2.45, 2.75) is 60.3 Å². The molecule has 1 aliphatic heterocycles. The summed E-state index contributed by atoms with van der Waals surface area (Å²) in [5.41, 5.74) is 0.391. The highest BCUT2D eigenvalue weighted by atomic mass is 16.5. The lowest BCUT2D eigenvalue weighted by Crippen LogP contribution is -2.38. The van der Waals surface area contributed by atoms with Crippen LogP contribution in [0.3, 0.4) is 0 Å². The van der Waals surface area contributed by atoms with Crippen LogP contribution in [-0.4, -0.2) is 23.2 Å². The fraction of sp³-hybridized carbons (Fsp3) is 0.875. The summed E-state index contributed by atoms with van der Waals surface area (Å²) >= 11 is 0. The second kappa shape index (κ2) is 5.74. The van der Waals surface area contributed by atoms with E-state index in [0.29, 0.717) is 17.3 Å². The monoisotopic (exact) mass is 279 g/mol. The van der Waals surface area contributed by atoms with Gasteiger partial charge in [-0.05, 0) is 30.1 Å². The fourth-order valence-corrected chi connectivity index (χ4v) is 2.89. The Morgan fingerprint density at radius 2 is 1.75 bits per heavy atom. The van der Waals surface area contributed by atoms with Crippen molar-refractivity contribution >= 4 is 6.01 Å². The van der Waals surface area contributed by atoms with Crippen molar-refractivity contribution in [2.24, 2.45) is 17.3 Å². The highest BCUT2D eigenvalue weighted by molar-refractivity contribution is 5.26. The first-order valence-electron chi connectivity index (χ1n) is 7.87. The number of rotatable bonds is 3. The quantitative estimate of drug-likeness (QED) is 0.835. The predicted molar refractivity (Wildman–Crippen MR) is 81.9 cm³/mol. The summed E-state index contributed by atoms with van der Waals surface area (Å²) in [7, 11) is 0. The van der Waals surface area contributed by atoms with Crippen LogP contribution < -0.4 is 4.90 Å². The van der Waals surface area contributed by atoms with E-state index in [0.717, 1.165) is 30.7 Å². The van der Waals surface area contributed by atoms with Gasteiger partial charge >= 0.3 is 6.01 Å². The van der Waals surface area contributed by atoms with Gasteiger partial charge in [0.25, 0.3) is 0 Å². The third-order valence-electron chi connectivity index (χ3n) is 4.83. The molecule has 20 heavy (non-hydrogen) atoms. The van der Waals surface area contributed by atoms with E-state index in [4.69, 9.17) is 4.52 Å². The molecule has 1 aliphatic rings. The molecular weight excluding hydrogens is 250 g/mol. The second-order valence-corrected chi connectivity index (χ2v) is 7.57. The zero-order valence-electron chi connectivity index (χ0n) is 13.8. The van der Waals surface area contributed by atoms with Gasteiger partial charge in [0.1, 0.15) is 0 Å². The van der Waals surface area contributed by atoms with Crippen molar-refractivity contribution in [3.05, 3.63) is 5.82 Å². The Morgan fingerprint density at radius 3 is 2.20 bits per heavy atom. The lowest BCUT2D eigenvalue weighted by molar-refractivity contribution is 0.151. The van der Waals surface area contributed by atoms with E-state index in [1.165, 1.54) is 12.8 Å². The molecule has 2 heterocycles. The van der Waals surface area contributed by atoms with E-state index >= 15 is 0 Å².